The molecule has 4 heteroatoms. The average Bonchev–Trinajstić information content (AvgIpc) is 2.09. The zero-order valence-electron chi connectivity index (χ0n) is 6.91. The van der Waals surface area contributed by atoms with Gasteiger partial charge in [-0.05, 0) is 24.3 Å². The second-order valence-electron chi connectivity index (χ2n) is 2.40. The number of hydrogen-bond donors (Lipinski definition) is 1. The molecule has 66 valence electrons. The Morgan fingerprint density at radius 1 is 1.38 bits per heavy atom. The van der Waals surface area contributed by atoms with Crippen molar-refractivity contribution in [3.8, 4) is 5.75 Å². The Labute approximate surface area is 99.6 Å². The fraction of sp³-hybridized carbons (Fsp3) is 0.222. The molecule has 0 fully saturated rings. The normalized spacial score (nSPS) is 8.69. The van der Waals surface area contributed by atoms with Crippen molar-refractivity contribution >= 4 is 41.2 Å². The van der Waals surface area contributed by atoms with Crippen molar-refractivity contribution < 1.29 is 9.53 Å². The molecule has 0 radical (unpaired) electrons. The standard InChI is InChI=1S/C9H11NO2.Na.H/c1-2-9(11)12-8-5-3-7(10)4-6-8;;/h3-6H,2,10H2,1H3;;. The van der Waals surface area contributed by atoms with Crippen LogP contribution in [0.5, 0.6) is 5.75 Å². The minimum absolute atomic E-state index is 0. The van der Waals surface area contributed by atoms with E-state index >= 15 is 0 Å². The molecule has 2 N–H and O–H groups in total. The van der Waals surface area contributed by atoms with Crippen molar-refractivity contribution in [2.75, 3.05) is 5.73 Å². The Kier molecular flexibility index (Phi) is 5.79. The Morgan fingerprint density at radius 2 is 1.92 bits per heavy atom. The minimum atomic E-state index is -0.236. The quantitative estimate of drug-likeness (QED) is 0.326. The molecule has 0 aliphatic heterocycles. The molecular formula is C9H12NNaO2. The number of carbonyl (C=O) groups excluding carboxylic acids is 1. The number of carbonyl (C=O) groups is 1. The number of esters is 1. The topological polar surface area (TPSA) is 52.3 Å². The molecule has 0 aliphatic rings. The van der Waals surface area contributed by atoms with E-state index < -0.39 is 0 Å². The summed E-state index contributed by atoms with van der Waals surface area (Å²) in [5.74, 6) is 0.302. The van der Waals surface area contributed by atoms with Crippen molar-refractivity contribution in [2.45, 2.75) is 13.3 Å². The summed E-state index contributed by atoms with van der Waals surface area (Å²) in [5, 5.41) is 0. The number of anilines is 1. The van der Waals surface area contributed by atoms with Crippen molar-refractivity contribution in [3.05, 3.63) is 24.3 Å². The van der Waals surface area contributed by atoms with Gasteiger partial charge in [0.15, 0.2) is 0 Å². The number of benzene rings is 1. The van der Waals surface area contributed by atoms with E-state index in [-0.39, 0.29) is 35.5 Å². The van der Waals surface area contributed by atoms with Gasteiger partial charge < -0.3 is 10.5 Å². The van der Waals surface area contributed by atoms with Gasteiger partial charge in [0.25, 0.3) is 0 Å². The molecule has 3 nitrogen and oxygen atoms in total. The van der Waals surface area contributed by atoms with Gasteiger partial charge in [-0.25, -0.2) is 0 Å². The molecule has 0 spiro atoms. The summed E-state index contributed by atoms with van der Waals surface area (Å²) >= 11 is 0. The third-order valence-corrected chi connectivity index (χ3v) is 1.40. The first-order valence-electron chi connectivity index (χ1n) is 3.78. The average molecular weight is 189 g/mol. The molecule has 13 heavy (non-hydrogen) atoms. The van der Waals surface area contributed by atoms with Gasteiger partial charge in [0, 0.05) is 12.1 Å². The zero-order valence-corrected chi connectivity index (χ0v) is 6.91. The van der Waals surface area contributed by atoms with E-state index in [1.807, 2.05) is 0 Å². The van der Waals surface area contributed by atoms with Gasteiger partial charge in [-0.1, -0.05) is 6.92 Å². The number of nitrogen functional groups attached to an aromatic ring is 1. The summed E-state index contributed by atoms with van der Waals surface area (Å²) < 4.78 is 4.92. The van der Waals surface area contributed by atoms with Crippen LogP contribution in [0.15, 0.2) is 24.3 Å². The fourth-order valence-corrected chi connectivity index (χ4v) is 0.739. The molecular weight excluding hydrogens is 177 g/mol. The van der Waals surface area contributed by atoms with Crippen LogP contribution in [0.25, 0.3) is 0 Å². The first-order valence-corrected chi connectivity index (χ1v) is 3.78. The first-order chi connectivity index (χ1) is 5.72. The molecule has 0 heterocycles. The summed E-state index contributed by atoms with van der Waals surface area (Å²) in [7, 11) is 0. The van der Waals surface area contributed by atoms with Crippen molar-refractivity contribution in [1.29, 1.82) is 0 Å². The number of rotatable bonds is 2. The Morgan fingerprint density at radius 3 is 2.38 bits per heavy atom. The fourth-order valence-electron chi connectivity index (χ4n) is 0.739. The van der Waals surface area contributed by atoms with E-state index in [0.29, 0.717) is 17.9 Å². The maximum absolute atomic E-state index is 10.8. The van der Waals surface area contributed by atoms with Crippen molar-refractivity contribution in [2.24, 2.45) is 0 Å². The molecule has 0 saturated heterocycles. The molecule has 1 aromatic carbocycles. The zero-order chi connectivity index (χ0) is 8.97. The molecule has 1 aromatic rings. The monoisotopic (exact) mass is 189 g/mol. The Balaban J connectivity index is 0.00000144. The van der Waals surface area contributed by atoms with Gasteiger partial charge in [0.05, 0.1) is 0 Å². The summed E-state index contributed by atoms with van der Waals surface area (Å²) in [6, 6.07) is 6.72. The summed E-state index contributed by atoms with van der Waals surface area (Å²) in [6.07, 6.45) is 0.379. The van der Waals surface area contributed by atoms with Crippen LogP contribution in [0.3, 0.4) is 0 Å². The SMILES string of the molecule is CCC(=O)Oc1ccc(N)cc1.[NaH]. The van der Waals surface area contributed by atoms with Crippen LogP contribution in [-0.4, -0.2) is 35.5 Å². The van der Waals surface area contributed by atoms with E-state index in [9.17, 15) is 4.79 Å². The third kappa shape index (κ3) is 4.31. The van der Waals surface area contributed by atoms with Gasteiger partial charge in [-0.3, -0.25) is 4.79 Å². The maximum atomic E-state index is 10.8. The van der Waals surface area contributed by atoms with Crippen molar-refractivity contribution in [1.82, 2.24) is 0 Å². The predicted octanol–water partition coefficient (Wildman–Crippen LogP) is 0.936. The molecule has 0 atom stereocenters. The van der Waals surface area contributed by atoms with Gasteiger partial charge >= 0.3 is 35.5 Å². The number of hydrogen-bond acceptors (Lipinski definition) is 3. The molecule has 0 aromatic heterocycles. The van der Waals surface area contributed by atoms with Crippen LogP contribution in [0, 0.1) is 0 Å². The second kappa shape index (κ2) is 6.02. The second-order valence-corrected chi connectivity index (χ2v) is 2.40. The molecule has 1 rings (SSSR count). The van der Waals surface area contributed by atoms with Gasteiger partial charge in [-0.15, -0.1) is 0 Å². The van der Waals surface area contributed by atoms with Crippen molar-refractivity contribution in [3.63, 3.8) is 0 Å². The predicted molar refractivity (Wildman–Crippen MR) is 53.9 cm³/mol. The van der Waals surface area contributed by atoms with Crippen LogP contribution in [0.2, 0.25) is 0 Å². The van der Waals surface area contributed by atoms with E-state index in [0.717, 1.165) is 0 Å². The summed E-state index contributed by atoms with van der Waals surface area (Å²) in [4.78, 5) is 10.8. The van der Waals surface area contributed by atoms with Crippen LogP contribution in [-0.2, 0) is 4.79 Å². The third-order valence-electron chi connectivity index (χ3n) is 1.40. The number of ether oxygens (including phenoxy) is 1. The van der Waals surface area contributed by atoms with Crippen LogP contribution in [0.1, 0.15) is 13.3 Å². The summed E-state index contributed by atoms with van der Waals surface area (Å²) in [6.45, 7) is 1.75. The van der Waals surface area contributed by atoms with E-state index in [1.165, 1.54) is 0 Å². The number of nitrogens with two attached hydrogens (primary N) is 1. The van der Waals surface area contributed by atoms with Crippen LogP contribution in [0.4, 0.5) is 5.69 Å². The molecule has 0 amide bonds. The van der Waals surface area contributed by atoms with Crippen LogP contribution >= 0.6 is 0 Å². The van der Waals surface area contributed by atoms with Crippen LogP contribution < -0.4 is 10.5 Å². The molecule has 0 aliphatic carbocycles. The van der Waals surface area contributed by atoms with E-state index in [2.05, 4.69) is 0 Å². The Hall–Kier alpha value is -0.510. The first kappa shape index (κ1) is 12.5. The molecule has 0 unspecified atom stereocenters. The van der Waals surface area contributed by atoms with E-state index in [4.69, 9.17) is 10.5 Å². The van der Waals surface area contributed by atoms with Gasteiger partial charge in [0.2, 0.25) is 0 Å². The molecule has 0 saturated carbocycles. The molecule has 0 bridgehead atoms. The van der Waals surface area contributed by atoms with E-state index in [1.54, 1.807) is 31.2 Å². The van der Waals surface area contributed by atoms with Gasteiger partial charge in [0.1, 0.15) is 5.75 Å². The summed E-state index contributed by atoms with van der Waals surface area (Å²) in [5.41, 5.74) is 6.11. The van der Waals surface area contributed by atoms with Gasteiger partial charge in [-0.2, -0.15) is 0 Å². The Bertz CT molecular complexity index is 271.